The maximum Gasteiger partial charge on any atom is 0.490 e. The van der Waals surface area contributed by atoms with Gasteiger partial charge in [0.1, 0.15) is 5.82 Å². The van der Waals surface area contributed by atoms with Crippen LogP contribution in [0.4, 0.5) is 19.0 Å². The summed E-state index contributed by atoms with van der Waals surface area (Å²) in [6.07, 6.45) is -2.78. The normalized spacial score (nSPS) is 17.1. The lowest BCUT2D eigenvalue weighted by Gasteiger charge is -2.35. The van der Waals surface area contributed by atoms with Gasteiger partial charge in [-0.2, -0.15) is 13.2 Å². The van der Waals surface area contributed by atoms with E-state index in [0.29, 0.717) is 43.0 Å². The minimum atomic E-state index is -4.17. The first-order valence-corrected chi connectivity index (χ1v) is 6.63. The fraction of sp³-hybridized carbons (Fsp3) is 0.583. The van der Waals surface area contributed by atoms with E-state index in [2.05, 4.69) is 4.98 Å². The molecule has 0 unspecified atom stereocenters. The number of piperazine rings is 1. The number of aromatic nitrogens is 1. The Morgan fingerprint density at radius 3 is 2.33 bits per heavy atom. The third kappa shape index (κ3) is 4.32. The average Bonchev–Trinajstić information content (AvgIpc) is 2.37. The topological polar surface area (TPSA) is 59.8 Å². The lowest BCUT2D eigenvalue weighted by Crippen LogP contribution is -2.49. The van der Waals surface area contributed by atoms with Crippen molar-refractivity contribution in [1.29, 1.82) is 0 Å². The van der Waals surface area contributed by atoms with Gasteiger partial charge in [-0.15, -0.1) is 0 Å². The van der Waals surface area contributed by atoms with E-state index < -0.39 is 19.8 Å². The molecule has 0 spiro atoms. The molecule has 1 saturated heterocycles. The maximum absolute atomic E-state index is 12.3. The third-order valence-corrected chi connectivity index (χ3v) is 3.51. The van der Waals surface area contributed by atoms with Crippen LogP contribution in [0.25, 0.3) is 0 Å². The molecule has 0 radical (unpaired) electrons. The number of hydrogen-bond donors (Lipinski definition) is 2. The molecule has 2 rings (SSSR count). The summed E-state index contributed by atoms with van der Waals surface area (Å²) < 4.78 is 37.0. The maximum atomic E-state index is 12.3. The van der Waals surface area contributed by atoms with Crippen LogP contribution in [0, 0.1) is 6.92 Å². The molecule has 0 aliphatic carbocycles. The number of aryl methyl sites for hydroxylation is 1. The number of rotatable bonds is 3. The van der Waals surface area contributed by atoms with Gasteiger partial charge in [0, 0.05) is 37.8 Å². The largest absolute Gasteiger partial charge is 0.490 e. The fourth-order valence-corrected chi connectivity index (χ4v) is 2.38. The summed E-state index contributed by atoms with van der Waals surface area (Å²) in [6, 6.07) is 1.72. The Hall–Kier alpha value is -1.32. The molecule has 0 atom stereocenters. The first kappa shape index (κ1) is 16.1. The van der Waals surface area contributed by atoms with Crippen molar-refractivity contribution in [2.75, 3.05) is 37.6 Å². The molecule has 5 nitrogen and oxygen atoms in total. The minimum Gasteiger partial charge on any atom is -0.423 e. The van der Waals surface area contributed by atoms with Gasteiger partial charge in [0.05, 0.1) is 6.54 Å². The summed E-state index contributed by atoms with van der Waals surface area (Å²) >= 11 is 0. The molecule has 21 heavy (non-hydrogen) atoms. The standard InChI is InChI=1S/C12H17BF3N3O2/c1-9-6-11(17-7-10(9)13(20)21)19-4-2-18(3-5-19)8-12(14,15)16/h6-7,20-21H,2-5,8H2,1H3. The Kier molecular flexibility index (Phi) is 4.75. The molecule has 0 bridgehead atoms. The first-order valence-electron chi connectivity index (χ1n) is 6.63. The Morgan fingerprint density at radius 2 is 1.86 bits per heavy atom. The summed E-state index contributed by atoms with van der Waals surface area (Å²) in [4.78, 5) is 7.42. The van der Waals surface area contributed by atoms with E-state index >= 15 is 0 Å². The number of pyridine rings is 1. The zero-order chi connectivity index (χ0) is 15.6. The van der Waals surface area contributed by atoms with Crippen molar-refractivity contribution in [3.8, 4) is 0 Å². The van der Waals surface area contributed by atoms with Crippen LogP contribution in [0.3, 0.4) is 0 Å². The lowest BCUT2D eigenvalue weighted by atomic mass is 9.78. The Morgan fingerprint density at radius 1 is 1.24 bits per heavy atom. The summed E-state index contributed by atoms with van der Waals surface area (Å²) in [5.41, 5.74) is 1.02. The second-order valence-corrected chi connectivity index (χ2v) is 5.15. The van der Waals surface area contributed by atoms with Crippen LogP contribution in [0.2, 0.25) is 0 Å². The van der Waals surface area contributed by atoms with E-state index in [0.717, 1.165) is 0 Å². The Labute approximate surface area is 121 Å². The highest BCUT2D eigenvalue weighted by molar-refractivity contribution is 6.59. The van der Waals surface area contributed by atoms with Crippen molar-refractivity contribution in [3.63, 3.8) is 0 Å². The summed E-state index contributed by atoms with van der Waals surface area (Å²) in [5.74, 6) is 0.642. The van der Waals surface area contributed by atoms with Crippen molar-refractivity contribution in [2.24, 2.45) is 0 Å². The molecular formula is C12H17BF3N3O2. The molecule has 1 aliphatic rings. The van der Waals surface area contributed by atoms with E-state index in [1.807, 2.05) is 4.90 Å². The average molecular weight is 303 g/mol. The quantitative estimate of drug-likeness (QED) is 0.755. The highest BCUT2D eigenvalue weighted by atomic mass is 19.4. The van der Waals surface area contributed by atoms with Gasteiger partial charge in [0.15, 0.2) is 0 Å². The molecule has 1 aromatic rings. The van der Waals surface area contributed by atoms with E-state index in [9.17, 15) is 13.2 Å². The van der Waals surface area contributed by atoms with Crippen LogP contribution in [-0.2, 0) is 0 Å². The predicted molar refractivity (Wildman–Crippen MR) is 73.5 cm³/mol. The molecule has 0 saturated carbocycles. The number of alkyl halides is 3. The van der Waals surface area contributed by atoms with E-state index in [1.54, 1.807) is 13.0 Å². The van der Waals surface area contributed by atoms with Crippen LogP contribution >= 0.6 is 0 Å². The van der Waals surface area contributed by atoms with Gasteiger partial charge in [-0.25, -0.2) is 4.98 Å². The molecule has 1 aromatic heterocycles. The molecule has 0 amide bonds. The molecule has 116 valence electrons. The number of anilines is 1. The fourth-order valence-electron chi connectivity index (χ4n) is 2.38. The van der Waals surface area contributed by atoms with Gasteiger partial charge in [-0.3, -0.25) is 4.90 Å². The van der Waals surface area contributed by atoms with Gasteiger partial charge < -0.3 is 14.9 Å². The smallest absolute Gasteiger partial charge is 0.423 e. The van der Waals surface area contributed by atoms with Crippen molar-refractivity contribution in [2.45, 2.75) is 13.1 Å². The van der Waals surface area contributed by atoms with Gasteiger partial charge in [-0.1, -0.05) is 0 Å². The highest BCUT2D eigenvalue weighted by Crippen LogP contribution is 2.19. The summed E-state index contributed by atoms with van der Waals surface area (Å²) in [6.45, 7) is 2.42. The lowest BCUT2D eigenvalue weighted by molar-refractivity contribution is -0.146. The van der Waals surface area contributed by atoms with Crippen LogP contribution in [0.15, 0.2) is 12.3 Å². The number of nitrogens with zero attached hydrogens (tertiary/aromatic N) is 3. The summed E-state index contributed by atoms with van der Waals surface area (Å²) in [7, 11) is -1.57. The minimum absolute atomic E-state index is 0.324. The van der Waals surface area contributed by atoms with Crippen molar-refractivity contribution >= 4 is 18.4 Å². The summed E-state index contributed by atoms with van der Waals surface area (Å²) in [5, 5.41) is 18.3. The zero-order valence-corrected chi connectivity index (χ0v) is 11.6. The molecule has 2 N–H and O–H groups in total. The second-order valence-electron chi connectivity index (χ2n) is 5.15. The van der Waals surface area contributed by atoms with E-state index in [1.165, 1.54) is 11.1 Å². The van der Waals surface area contributed by atoms with Gasteiger partial charge in [0.25, 0.3) is 0 Å². The molecule has 1 fully saturated rings. The van der Waals surface area contributed by atoms with Crippen LogP contribution in [-0.4, -0.2) is 66.0 Å². The number of halogens is 3. The van der Waals surface area contributed by atoms with Crippen molar-refractivity contribution < 1.29 is 23.2 Å². The zero-order valence-electron chi connectivity index (χ0n) is 11.6. The predicted octanol–water partition coefficient (Wildman–Crippen LogP) is -0.246. The Bertz CT molecular complexity index is 491. The van der Waals surface area contributed by atoms with Gasteiger partial charge >= 0.3 is 13.3 Å². The first-order chi connectivity index (χ1) is 9.76. The molecule has 0 aromatic carbocycles. The molecule has 2 heterocycles. The monoisotopic (exact) mass is 303 g/mol. The molecule has 9 heteroatoms. The van der Waals surface area contributed by atoms with Gasteiger partial charge in [0.2, 0.25) is 0 Å². The van der Waals surface area contributed by atoms with Crippen molar-refractivity contribution in [3.05, 3.63) is 17.8 Å². The van der Waals surface area contributed by atoms with Crippen LogP contribution in [0.5, 0.6) is 0 Å². The highest BCUT2D eigenvalue weighted by Gasteiger charge is 2.32. The molecular weight excluding hydrogens is 286 g/mol. The van der Waals surface area contributed by atoms with E-state index in [4.69, 9.17) is 10.0 Å². The van der Waals surface area contributed by atoms with Gasteiger partial charge in [-0.05, 0) is 18.6 Å². The molecule has 1 aliphatic heterocycles. The van der Waals surface area contributed by atoms with E-state index in [-0.39, 0.29) is 0 Å². The Balaban J connectivity index is 1.98. The third-order valence-electron chi connectivity index (χ3n) is 3.51. The van der Waals surface area contributed by atoms with Crippen LogP contribution in [0.1, 0.15) is 5.56 Å². The second kappa shape index (κ2) is 6.21. The SMILES string of the molecule is Cc1cc(N2CCN(CC(F)(F)F)CC2)ncc1B(O)O. The van der Waals surface area contributed by atoms with Crippen molar-refractivity contribution in [1.82, 2.24) is 9.88 Å². The van der Waals surface area contributed by atoms with Crippen LogP contribution < -0.4 is 10.4 Å². The number of hydrogen-bond acceptors (Lipinski definition) is 5.